The van der Waals surface area contributed by atoms with Gasteiger partial charge in [0, 0.05) is 52.2 Å². The van der Waals surface area contributed by atoms with E-state index in [0.29, 0.717) is 38.6 Å². The van der Waals surface area contributed by atoms with Crippen molar-refractivity contribution < 1.29 is 14.3 Å². The third-order valence-electron chi connectivity index (χ3n) is 5.68. The molecule has 0 aromatic heterocycles. The van der Waals surface area contributed by atoms with Gasteiger partial charge >= 0.3 is 0 Å². The highest BCUT2D eigenvalue weighted by Crippen LogP contribution is 2.18. The smallest absolute Gasteiger partial charge is 0.222 e. The maximum absolute atomic E-state index is 11.8. The topological polar surface area (TPSA) is 66.4 Å². The summed E-state index contributed by atoms with van der Waals surface area (Å²) in [5, 5.41) is 3.43. The van der Waals surface area contributed by atoms with Crippen LogP contribution in [-0.4, -0.2) is 74.8 Å². The zero-order valence-electron chi connectivity index (χ0n) is 18.4. The van der Waals surface area contributed by atoms with Gasteiger partial charge in [0.2, 0.25) is 5.91 Å². The van der Waals surface area contributed by atoms with Gasteiger partial charge < -0.3 is 24.6 Å². The Morgan fingerprint density at radius 2 is 2.00 bits per heavy atom. The van der Waals surface area contributed by atoms with Crippen LogP contribution in [0.5, 0.6) is 0 Å². The van der Waals surface area contributed by atoms with Crippen LogP contribution in [0.2, 0.25) is 0 Å². The minimum Gasteiger partial charge on any atom is -0.382 e. The lowest BCUT2D eigenvalue weighted by molar-refractivity contribution is -0.128. The lowest BCUT2D eigenvalue weighted by Gasteiger charge is -2.22. The SMILES string of the molecule is CCNC(=NCc1ccc(CN2CCCC2=O)cc1)N1CCC(COCCOC)C1. The Labute approximate surface area is 180 Å². The Bertz CT molecular complexity index is 692. The van der Waals surface area contributed by atoms with Gasteiger partial charge in [-0.3, -0.25) is 4.79 Å². The maximum Gasteiger partial charge on any atom is 0.222 e. The van der Waals surface area contributed by atoms with Gasteiger partial charge in [0.1, 0.15) is 0 Å². The van der Waals surface area contributed by atoms with Crippen LogP contribution < -0.4 is 5.32 Å². The lowest BCUT2D eigenvalue weighted by atomic mass is 10.1. The Kier molecular flexibility index (Phi) is 8.96. The predicted molar refractivity (Wildman–Crippen MR) is 118 cm³/mol. The molecule has 1 unspecified atom stereocenters. The average Bonchev–Trinajstić information content (AvgIpc) is 3.39. The Hall–Kier alpha value is -2.12. The highest BCUT2D eigenvalue weighted by Gasteiger charge is 2.25. The second kappa shape index (κ2) is 11.9. The molecule has 0 bridgehead atoms. The molecule has 166 valence electrons. The molecule has 1 aromatic carbocycles. The summed E-state index contributed by atoms with van der Waals surface area (Å²) in [6, 6.07) is 8.48. The number of rotatable bonds is 10. The second-order valence-electron chi connectivity index (χ2n) is 8.07. The van der Waals surface area contributed by atoms with E-state index in [9.17, 15) is 4.79 Å². The van der Waals surface area contributed by atoms with Crippen molar-refractivity contribution in [1.29, 1.82) is 0 Å². The van der Waals surface area contributed by atoms with Crippen molar-refractivity contribution in [2.75, 3.05) is 53.1 Å². The minimum atomic E-state index is 0.270. The first-order valence-electron chi connectivity index (χ1n) is 11.1. The van der Waals surface area contributed by atoms with Crippen molar-refractivity contribution in [3.8, 4) is 0 Å². The molecule has 1 amide bonds. The fourth-order valence-electron chi connectivity index (χ4n) is 3.99. The molecule has 2 aliphatic rings. The van der Waals surface area contributed by atoms with E-state index in [4.69, 9.17) is 14.5 Å². The Morgan fingerprint density at radius 3 is 2.70 bits per heavy atom. The number of hydrogen-bond donors (Lipinski definition) is 1. The zero-order valence-corrected chi connectivity index (χ0v) is 18.4. The van der Waals surface area contributed by atoms with Gasteiger partial charge in [0.15, 0.2) is 5.96 Å². The molecule has 1 atom stereocenters. The molecule has 2 heterocycles. The number of nitrogens with one attached hydrogen (secondary N) is 1. The molecule has 1 aromatic rings. The Balaban J connectivity index is 1.50. The lowest BCUT2D eigenvalue weighted by Crippen LogP contribution is -2.40. The van der Waals surface area contributed by atoms with E-state index in [0.717, 1.165) is 51.6 Å². The number of carbonyl (C=O) groups excluding carboxylic acids is 1. The zero-order chi connectivity index (χ0) is 21.2. The summed E-state index contributed by atoms with van der Waals surface area (Å²) in [6.07, 6.45) is 2.80. The van der Waals surface area contributed by atoms with E-state index < -0.39 is 0 Å². The number of ether oxygens (including phenoxy) is 2. The van der Waals surface area contributed by atoms with E-state index in [1.807, 2.05) is 4.90 Å². The van der Waals surface area contributed by atoms with E-state index in [2.05, 4.69) is 41.4 Å². The number of likely N-dealkylation sites (tertiary alicyclic amines) is 2. The largest absolute Gasteiger partial charge is 0.382 e. The van der Waals surface area contributed by atoms with Crippen LogP contribution in [0.3, 0.4) is 0 Å². The van der Waals surface area contributed by atoms with Crippen LogP contribution in [0.4, 0.5) is 0 Å². The van der Waals surface area contributed by atoms with Gasteiger partial charge in [-0.05, 0) is 30.9 Å². The van der Waals surface area contributed by atoms with Crippen molar-refractivity contribution in [3.63, 3.8) is 0 Å². The first-order chi connectivity index (χ1) is 14.7. The van der Waals surface area contributed by atoms with Crippen molar-refractivity contribution in [1.82, 2.24) is 15.1 Å². The fraction of sp³-hybridized carbons (Fsp3) is 0.652. The molecule has 1 N–H and O–H groups in total. The van der Waals surface area contributed by atoms with Gasteiger partial charge in [0.25, 0.3) is 0 Å². The van der Waals surface area contributed by atoms with Crippen LogP contribution in [0, 0.1) is 5.92 Å². The molecule has 30 heavy (non-hydrogen) atoms. The number of carbonyl (C=O) groups is 1. The standard InChI is InChI=1S/C23H36N4O3/c1-3-24-23(27-12-10-21(17-27)18-30-14-13-29-2)25-15-19-6-8-20(9-7-19)16-26-11-4-5-22(26)28/h6-9,21H,3-5,10-18H2,1-2H3,(H,24,25). The van der Waals surface area contributed by atoms with Crippen LogP contribution in [0.1, 0.15) is 37.3 Å². The van der Waals surface area contributed by atoms with E-state index in [-0.39, 0.29) is 5.91 Å². The van der Waals surface area contributed by atoms with Gasteiger partial charge in [-0.15, -0.1) is 0 Å². The number of hydrogen-bond acceptors (Lipinski definition) is 4. The second-order valence-corrected chi connectivity index (χ2v) is 8.07. The molecule has 7 heteroatoms. The summed E-state index contributed by atoms with van der Waals surface area (Å²) in [5.74, 6) is 1.79. The van der Waals surface area contributed by atoms with E-state index in [1.54, 1.807) is 7.11 Å². The van der Waals surface area contributed by atoms with Crippen LogP contribution in [0.25, 0.3) is 0 Å². The average molecular weight is 417 g/mol. The number of aliphatic imine (C=N–C) groups is 1. The van der Waals surface area contributed by atoms with Crippen molar-refractivity contribution in [2.45, 2.75) is 39.3 Å². The number of methoxy groups -OCH3 is 1. The summed E-state index contributed by atoms with van der Waals surface area (Å²) in [7, 11) is 1.70. The molecule has 2 fully saturated rings. The van der Waals surface area contributed by atoms with Gasteiger partial charge in [-0.25, -0.2) is 4.99 Å². The van der Waals surface area contributed by atoms with Gasteiger partial charge in [-0.1, -0.05) is 24.3 Å². The van der Waals surface area contributed by atoms with Gasteiger partial charge in [-0.2, -0.15) is 0 Å². The van der Waals surface area contributed by atoms with E-state index in [1.165, 1.54) is 11.1 Å². The molecule has 0 aliphatic carbocycles. The van der Waals surface area contributed by atoms with Crippen molar-refractivity contribution in [3.05, 3.63) is 35.4 Å². The number of amides is 1. The first-order valence-corrected chi connectivity index (χ1v) is 11.1. The third-order valence-corrected chi connectivity index (χ3v) is 5.68. The molecule has 7 nitrogen and oxygen atoms in total. The van der Waals surface area contributed by atoms with Crippen LogP contribution in [-0.2, 0) is 27.4 Å². The first kappa shape index (κ1) is 22.6. The molecule has 2 aliphatic heterocycles. The molecular weight excluding hydrogens is 380 g/mol. The summed E-state index contributed by atoms with van der Waals surface area (Å²) in [4.78, 5) is 20.9. The minimum absolute atomic E-state index is 0.270. The summed E-state index contributed by atoms with van der Waals surface area (Å²) in [6.45, 7) is 9.26. The normalized spacial score (nSPS) is 19.7. The Morgan fingerprint density at radius 1 is 1.20 bits per heavy atom. The molecule has 0 spiro atoms. The number of guanidine groups is 1. The summed E-state index contributed by atoms with van der Waals surface area (Å²) >= 11 is 0. The molecule has 0 radical (unpaired) electrons. The molecule has 0 saturated carbocycles. The van der Waals surface area contributed by atoms with Crippen LogP contribution in [0.15, 0.2) is 29.3 Å². The maximum atomic E-state index is 11.8. The van der Waals surface area contributed by atoms with E-state index >= 15 is 0 Å². The monoisotopic (exact) mass is 416 g/mol. The number of benzene rings is 1. The van der Waals surface area contributed by atoms with Crippen molar-refractivity contribution >= 4 is 11.9 Å². The van der Waals surface area contributed by atoms with Crippen molar-refractivity contribution in [2.24, 2.45) is 10.9 Å². The quantitative estimate of drug-likeness (QED) is 0.360. The third kappa shape index (κ3) is 6.71. The van der Waals surface area contributed by atoms with Crippen LogP contribution >= 0.6 is 0 Å². The number of nitrogens with zero attached hydrogens (tertiary/aromatic N) is 3. The summed E-state index contributed by atoms with van der Waals surface area (Å²) in [5.41, 5.74) is 2.36. The predicted octanol–water partition coefficient (Wildman–Crippen LogP) is 2.26. The molecule has 3 rings (SSSR count). The van der Waals surface area contributed by atoms with Gasteiger partial charge in [0.05, 0.1) is 26.4 Å². The fourth-order valence-corrected chi connectivity index (χ4v) is 3.99. The molecule has 2 saturated heterocycles. The summed E-state index contributed by atoms with van der Waals surface area (Å²) < 4.78 is 10.7. The highest BCUT2D eigenvalue weighted by molar-refractivity contribution is 5.80. The highest BCUT2D eigenvalue weighted by atomic mass is 16.5. The molecular formula is C23H36N4O3.